The Kier molecular flexibility index (Phi) is 14.5. The molecule has 4 aliphatic heterocycles. The van der Waals surface area contributed by atoms with Crippen LogP contribution in [0.1, 0.15) is 111 Å². The Morgan fingerprint density at radius 3 is 0.657 bits per heavy atom. The van der Waals surface area contributed by atoms with Gasteiger partial charge in [-0.25, -0.2) is 0 Å². The SMILES string of the molecule is Cc1cc(C)c(CN2C=[N+](Cc3cc(C[N+]4=CN(Cc5c(C)cc(C)cc5C)CC4)c(C[N+]4=CN(Cc5c(C)cc(C)cc5C)CC4)cc3C[N+]3=CN(Cc4c(C)cc(C)cc4C)CC3)CC2)c(C)c1. The second-order valence-electron chi connectivity index (χ2n) is 22.1. The number of hydrogen-bond donors (Lipinski definition) is 0. The maximum atomic E-state index is 2.62. The molecule has 70 heavy (non-hydrogen) atoms. The summed E-state index contributed by atoms with van der Waals surface area (Å²) >= 11 is 0. The number of rotatable bonds is 16. The molecule has 0 N–H and O–H groups in total. The Morgan fingerprint density at radius 1 is 0.286 bits per heavy atom. The third-order valence-corrected chi connectivity index (χ3v) is 15.8. The molecule has 8 nitrogen and oxygen atoms in total. The molecule has 9 rings (SSSR count). The van der Waals surface area contributed by atoms with E-state index in [1.165, 1.54) is 111 Å². The minimum atomic E-state index is 0.908. The van der Waals surface area contributed by atoms with Gasteiger partial charge in [0, 0.05) is 22.3 Å². The molecule has 0 saturated carbocycles. The second-order valence-corrected chi connectivity index (χ2v) is 22.1. The first-order valence-electron chi connectivity index (χ1n) is 26.2. The summed E-state index contributed by atoms with van der Waals surface area (Å²) in [6.45, 7) is 42.9. The van der Waals surface area contributed by atoms with Crippen molar-refractivity contribution in [3.8, 4) is 0 Å². The summed E-state index contributed by atoms with van der Waals surface area (Å²) in [6.07, 6.45) is 9.72. The molecular formula is C62H82N8+4. The van der Waals surface area contributed by atoms with Crippen molar-refractivity contribution in [3.05, 3.63) is 172 Å². The van der Waals surface area contributed by atoms with Crippen molar-refractivity contribution in [2.24, 2.45) is 0 Å². The van der Waals surface area contributed by atoms with Crippen LogP contribution in [0.25, 0.3) is 0 Å². The van der Waals surface area contributed by atoms with Crippen LogP contribution in [0.5, 0.6) is 0 Å². The van der Waals surface area contributed by atoms with Gasteiger partial charge in [0.25, 0.3) is 0 Å². The zero-order chi connectivity index (χ0) is 49.4. The molecular weight excluding hydrogens is 857 g/mol. The molecule has 0 spiro atoms. The first-order chi connectivity index (χ1) is 33.5. The van der Waals surface area contributed by atoms with Crippen molar-refractivity contribution < 1.29 is 18.3 Å². The van der Waals surface area contributed by atoms with Gasteiger partial charge in [-0.3, -0.25) is 37.9 Å². The second kappa shape index (κ2) is 20.8. The van der Waals surface area contributed by atoms with Gasteiger partial charge in [0.2, 0.25) is 25.4 Å². The lowest BCUT2D eigenvalue weighted by Crippen LogP contribution is -2.21. The van der Waals surface area contributed by atoms with E-state index in [0.717, 1.165) is 105 Å². The molecule has 0 aromatic heterocycles. The first-order valence-corrected chi connectivity index (χ1v) is 26.2. The minimum Gasteiger partial charge on any atom is -0.260 e. The number of hydrogen-bond acceptors (Lipinski definition) is 4. The Labute approximate surface area is 421 Å². The standard InChI is InChI=1S/C62H82N8/c1-43-21-47(5)59(48(6)22-43)35-67-17-13-63(39-67)31-55-29-57(33-65-15-19-69(41-65)37-61-51(9)25-45(3)26-52(61)10)58(34-66-16-20-70(42-66)38-62-53(11)27-46(4)28-54(62)12)30-56(55)32-64-14-18-68(40-64)36-60-49(7)23-44(2)24-50(60)8/h21-30,39-42H,13-20,31-38H2,1-12H3/q+4. The van der Waals surface area contributed by atoms with Crippen molar-refractivity contribution in [3.63, 3.8) is 0 Å². The molecule has 0 radical (unpaired) electrons. The van der Waals surface area contributed by atoms with E-state index in [1.54, 1.807) is 0 Å². The predicted molar refractivity (Wildman–Crippen MR) is 290 cm³/mol. The van der Waals surface area contributed by atoms with E-state index in [-0.39, 0.29) is 0 Å². The van der Waals surface area contributed by atoms with E-state index >= 15 is 0 Å². The van der Waals surface area contributed by atoms with Crippen molar-refractivity contribution in [1.82, 2.24) is 19.6 Å². The third-order valence-electron chi connectivity index (χ3n) is 15.8. The van der Waals surface area contributed by atoms with Crippen LogP contribution in [0.15, 0.2) is 60.7 Å². The normalized spacial score (nSPS) is 15.9. The average Bonchev–Trinajstić information content (AvgIpc) is 4.11. The number of aryl methyl sites for hydroxylation is 12. The summed E-state index contributed by atoms with van der Waals surface area (Å²) < 4.78 is 10.3. The largest absolute Gasteiger partial charge is 0.260 e. The van der Waals surface area contributed by atoms with E-state index in [4.69, 9.17) is 0 Å². The summed E-state index contributed by atoms with van der Waals surface area (Å²) in [6, 6.07) is 24.0. The number of nitrogens with zero attached hydrogens (tertiary/aromatic N) is 8. The van der Waals surface area contributed by atoms with Gasteiger partial charge >= 0.3 is 0 Å². The molecule has 0 saturated heterocycles. The van der Waals surface area contributed by atoms with Crippen molar-refractivity contribution in [2.75, 3.05) is 52.4 Å². The molecule has 0 amide bonds. The van der Waals surface area contributed by atoms with E-state index < -0.39 is 0 Å². The van der Waals surface area contributed by atoms with Crippen molar-refractivity contribution in [1.29, 1.82) is 0 Å². The van der Waals surface area contributed by atoms with Gasteiger partial charge in [-0.15, -0.1) is 0 Å². The summed E-state index contributed by atoms with van der Waals surface area (Å²) in [4.78, 5) is 10.2. The lowest BCUT2D eigenvalue weighted by atomic mass is 9.97. The maximum Gasteiger partial charge on any atom is 0.234 e. The van der Waals surface area contributed by atoms with Crippen molar-refractivity contribution >= 4 is 25.4 Å². The predicted octanol–water partition coefficient (Wildman–Crippen LogP) is 9.61. The maximum absolute atomic E-state index is 2.62. The minimum absolute atomic E-state index is 0.908. The molecule has 8 heteroatoms. The highest BCUT2D eigenvalue weighted by molar-refractivity contribution is 5.55. The fraction of sp³-hybridized carbons (Fsp3) is 0.452. The van der Waals surface area contributed by atoms with Crippen molar-refractivity contribution in [2.45, 2.75) is 135 Å². The Morgan fingerprint density at radius 2 is 0.471 bits per heavy atom. The van der Waals surface area contributed by atoms with E-state index in [1.807, 2.05) is 0 Å². The van der Waals surface area contributed by atoms with Crippen LogP contribution in [-0.2, 0) is 52.4 Å². The molecule has 5 aromatic rings. The molecule has 0 aliphatic carbocycles. The van der Waals surface area contributed by atoms with Gasteiger partial charge < -0.3 is 0 Å². The highest BCUT2D eigenvalue weighted by Crippen LogP contribution is 2.27. The van der Waals surface area contributed by atoms with Gasteiger partial charge in [0.15, 0.2) is 0 Å². The van der Waals surface area contributed by atoms with Gasteiger partial charge in [0.1, 0.15) is 105 Å². The summed E-state index contributed by atoms with van der Waals surface area (Å²) in [5.41, 5.74) is 28.3. The molecule has 5 aromatic carbocycles. The van der Waals surface area contributed by atoms with Gasteiger partial charge in [-0.05, 0) is 162 Å². The topological polar surface area (TPSA) is 25.0 Å². The summed E-state index contributed by atoms with van der Waals surface area (Å²) in [7, 11) is 0. The first kappa shape index (κ1) is 49.0. The Bertz CT molecular complexity index is 2460. The highest BCUT2D eigenvalue weighted by atomic mass is 15.3. The summed E-state index contributed by atoms with van der Waals surface area (Å²) in [5, 5.41) is 0. The Hall–Kier alpha value is -6.02. The zero-order valence-corrected chi connectivity index (χ0v) is 45.0. The Balaban J connectivity index is 1.05. The summed E-state index contributed by atoms with van der Waals surface area (Å²) in [5.74, 6) is 0. The van der Waals surface area contributed by atoms with Gasteiger partial charge in [-0.2, -0.15) is 0 Å². The fourth-order valence-corrected chi connectivity index (χ4v) is 12.3. The monoisotopic (exact) mass is 939 g/mol. The van der Waals surface area contributed by atoms with E-state index in [0.29, 0.717) is 0 Å². The van der Waals surface area contributed by atoms with E-state index in [2.05, 4.69) is 207 Å². The molecule has 366 valence electrons. The molecule has 0 fully saturated rings. The van der Waals surface area contributed by atoms with Crippen LogP contribution in [0.2, 0.25) is 0 Å². The smallest absolute Gasteiger partial charge is 0.234 e. The molecule has 0 atom stereocenters. The third kappa shape index (κ3) is 11.4. The van der Waals surface area contributed by atoms with Crippen LogP contribution in [0.3, 0.4) is 0 Å². The molecule has 4 heterocycles. The molecule has 4 aliphatic rings. The van der Waals surface area contributed by atoms with Crippen LogP contribution in [0, 0.1) is 83.1 Å². The van der Waals surface area contributed by atoms with Gasteiger partial charge in [-0.1, -0.05) is 70.8 Å². The zero-order valence-electron chi connectivity index (χ0n) is 45.0. The molecule has 0 bridgehead atoms. The fourth-order valence-electron chi connectivity index (χ4n) is 12.3. The quantitative estimate of drug-likeness (QED) is 0.0922. The molecule has 0 unspecified atom stereocenters. The lowest BCUT2D eigenvalue weighted by Gasteiger charge is -2.16. The van der Waals surface area contributed by atoms with Crippen LogP contribution in [0.4, 0.5) is 0 Å². The lowest BCUT2D eigenvalue weighted by molar-refractivity contribution is -0.538. The van der Waals surface area contributed by atoms with Crippen LogP contribution < -0.4 is 0 Å². The highest BCUT2D eigenvalue weighted by Gasteiger charge is 2.29. The number of benzene rings is 5. The van der Waals surface area contributed by atoms with Crippen LogP contribution >= 0.6 is 0 Å². The van der Waals surface area contributed by atoms with Crippen LogP contribution in [-0.4, -0.2) is 116 Å². The van der Waals surface area contributed by atoms with Gasteiger partial charge in [0.05, 0.1) is 0 Å². The van der Waals surface area contributed by atoms with E-state index in [9.17, 15) is 0 Å². The average molecular weight is 939 g/mol.